The zero-order valence-corrected chi connectivity index (χ0v) is 17.3. The van der Waals surface area contributed by atoms with Crippen LogP contribution in [0.3, 0.4) is 0 Å². The van der Waals surface area contributed by atoms with E-state index in [0.29, 0.717) is 17.1 Å². The zero-order valence-electron chi connectivity index (χ0n) is 17.3. The highest BCUT2D eigenvalue weighted by Gasteiger charge is 2.37. The third-order valence-electron chi connectivity index (χ3n) is 6.38. The number of nitrogens with zero attached hydrogens (tertiary/aromatic N) is 1. The Morgan fingerprint density at radius 3 is 2.23 bits per heavy atom. The van der Waals surface area contributed by atoms with Gasteiger partial charge in [-0.3, -0.25) is 0 Å². The van der Waals surface area contributed by atoms with Crippen molar-refractivity contribution in [2.75, 3.05) is 0 Å². The Morgan fingerprint density at radius 1 is 0.677 bits per heavy atom. The quantitative estimate of drug-likeness (QED) is 0.293. The maximum atomic E-state index is 9.09. The molecule has 0 aromatic heterocycles. The summed E-state index contributed by atoms with van der Waals surface area (Å²) in [5.74, 6) is 2.86. The van der Waals surface area contributed by atoms with Gasteiger partial charge in [0.1, 0.15) is 0 Å². The summed E-state index contributed by atoms with van der Waals surface area (Å²) in [5, 5.41) is 9.09. The highest BCUT2D eigenvalue weighted by molar-refractivity contribution is 5.84. The summed E-state index contributed by atoms with van der Waals surface area (Å²) < 4.78 is 12.8. The van der Waals surface area contributed by atoms with Gasteiger partial charge in [0.15, 0.2) is 23.0 Å². The predicted octanol–water partition coefficient (Wildman–Crippen LogP) is 7.43. The number of ether oxygens (including phenoxy) is 2. The van der Waals surface area contributed by atoms with E-state index in [1.807, 2.05) is 42.5 Å². The molecule has 4 aromatic rings. The van der Waals surface area contributed by atoms with Crippen molar-refractivity contribution in [3.05, 3.63) is 95.6 Å². The minimum Gasteiger partial charge on any atom is -0.449 e. The van der Waals surface area contributed by atoms with Gasteiger partial charge in [0, 0.05) is 11.0 Å². The first-order valence-corrected chi connectivity index (χ1v) is 10.3. The molecule has 0 radical (unpaired) electrons. The molecule has 0 saturated carbocycles. The topological polar surface area (TPSA) is 42.2 Å². The average molecular weight is 401 g/mol. The highest BCUT2D eigenvalue weighted by Crippen LogP contribution is 2.56. The van der Waals surface area contributed by atoms with E-state index in [4.69, 9.17) is 14.7 Å². The minimum absolute atomic E-state index is 0.1000. The first-order chi connectivity index (χ1) is 15.1. The third kappa shape index (κ3) is 2.52. The van der Waals surface area contributed by atoms with Gasteiger partial charge in [-0.15, -0.1) is 0 Å². The van der Waals surface area contributed by atoms with E-state index < -0.39 is 0 Å². The van der Waals surface area contributed by atoms with Crippen LogP contribution in [0.15, 0.2) is 78.9 Å². The van der Waals surface area contributed by atoms with Crippen molar-refractivity contribution in [2.45, 2.75) is 19.3 Å². The molecule has 1 heterocycles. The van der Waals surface area contributed by atoms with Crippen LogP contribution in [0.2, 0.25) is 0 Å². The largest absolute Gasteiger partial charge is 0.449 e. The van der Waals surface area contributed by atoms with Crippen LogP contribution in [0.5, 0.6) is 23.0 Å². The first kappa shape index (κ1) is 17.8. The van der Waals surface area contributed by atoms with Crippen LogP contribution >= 0.6 is 0 Å². The van der Waals surface area contributed by atoms with Crippen LogP contribution < -0.4 is 9.47 Å². The molecule has 3 nitrogen and oxygen atoms in total. The Hall–Kier alpha value is -4.03. The number of rotatable bonds is 1. The maximum absolute atomic E-state index is 9.09. The molecule has 6 rings (SSSR count). The summed E-state index contributed by atoms with van der Waals surface area (Å²) >= 11 is 0. The van der Waals surface area contributed by atoms with Crippen molar-refractivity contribution in [1.82, 2.24) is 0 Å². The van der Waals surface area contributed by atoms with E-state index in [-0.39, 0.29) is 5.41 Å². The molecule has 2 aliphatic rings. The molecule has 1 aliphatic carbocycles. The molecule has 0 bridgehead atoms. The molecule has 4 aromatic carbocycles. The lowest BCUT2D eigenvalue weighted by atomic mass is 9.82. The number of fused-ring (bicyclic) bond motifs is 5. The van der Waals surface area contributed by atoms with Gasteiger partial charge >= 0.3 is 0 Å². The fourth-order valence-corrected chi connectivity index (χ4v) is 4.75. The van der Waals surface area contributed by atoms with E-state index in [9.17, 15) is 0 Å². The van der Waals surface area contributed by atoms with E-state index in [1.54, 1.807) is 0 Å². The molecule has 31 heavy (non-hydrogen) atoms. The Labute approximate surface area is 181 Å². The molecular formula is C28H19NO2. The van der Waals surface area contributed by atoms with Crippen LogP contribution in [0.25, 0.3) is 22.3 Å². The Morgan fingerprint density at radius 2 is 1.42 bits per heavy atom. The SMILES string of the molecule is CC1(C)c2ccccc2-c2cc3c(cc21)Oc1c(cccc1-c1ccc(C#N)cc1)O3. The van der Waals surface area contributed by atoms with Gasteiger partial charge in [0.25, 0.3) is 0 Å². The molecule has 0 atom stereocenters. The molecule has 0 N–H and O–H groups in total. The van der Waals surface area contributed by atoms with Gasteiger partial charge < -0.3 is 9.47 Å². The van der Waals surface area contributed by atoms with Gasteiger partial charge in [-0.05, 0) is 58.1 Å². The number of hydrogen-bond acceptors (Lipinski definition) is 3. The van der Waals surface area contributed by atoms with Crippen molar-refractivity contribution in [1.29, 1.82) is 5.26 Å². The third-order valence-corrected chi connectivity index (χ3v) is 6.38. The second-order valence-electron chi connectivity index (χ2n) is 8.54. The first-order valence-electron chi connectivity index (χ1n) is 10.3. The summed E-state index contributed by atoms with van der Waals surface area (Å²) in [6, 6.07) is 28.4. The molecule has 148 valence electrons. The van der Waals surface area contributed by atoms with Crippen LogP contribution in [-0.4, -0.2) is 0 Å². The number of benzene rings is 4. The normalized spacial score (nSPS) is 14.2. The molecule has 1 aliphatic heterocycles. The van der Waals surface area contributed by atoms with E-state index in [0.717, 1.165) is 22.6 Å². The second-order valence-corrected chi connectivity index (χ2v) is 8.54. The van der Waals surface area contributed by atoms with Crippen LogP contribution in [-0.2, 0) is 5.41 Å². The standard InChI is InChI=1S/C28H19NO2/c1-28(2)22-8-4-3-6-20(22)21-14-25-26(15-23(21)28)31-27-19(7-5-9-24(27)30-25)18-12-10-17(16-29)11-13-18/h3-15H,1-2H3. The van der Waals surface area contributed by atoms with Crippen LogP contribution in [0.1, 0.15) is 30.5 Å². The monoisotopic (exact) mass is 401 g/mol. The van der Waals surface area contributed by atoms with Gasteiger partial charge in [0.2, 0.25) is 0 Å². The Balaban J connectivity index is 1.48. The lowest BCUT2D eigenvalue weighted by Gasteiger charge is -2.26. The fourth-order valence-electron chi connectivity index (χ4n) is 4.75. The number of nitriles is 1. The van der Waals surface area contributed by atoms with Gasteiger partial charge in [-0.25, -0.2) is 0 Å². The van der Waals surface area contributed by atoms with Crippen molar-refractivity contribution < 1.29 is 9.47 Å². The molecule has 3 heteroatoms. The van der Waals surface area contributed by atoms with E-state index >= 15 is 0 Å². The van der Waals surface area contributed by atoms with Crippen molar-refractivity contribution in [3.8, 4) is 51.3 Å². The smallest absolute Gasteiger partial charge is 0.177 e. The minimum atomic E-state index is -0.1000. The summed E-state index contributed by atoms with van der Waals surface area (Å²) in [7, 11) is 0. The molecule has 0 amide bonds. The number of hydrogen-bond donors (Lipinski definition) is 0. The molecular weight excluding hydrogens is 382 g/mol. The lowest BCUT2D eigenvalue weighted by molar-refractivity contribution is 0.360. The summed E-state index contributed by atoms with van der Waals surface area (Å²) in [6.45, 7) is 4.51. The van der Waals surface area contributed by atoms with Crippen LogP contribution in [0, 0.1) is 11.3 Å². The van der Waals surface area contributed by atoms with E-state index in [1.165, 1.54) is 22.3 Å². The molecule has 0 spiro atoms. The van der Waals surface area contributed by atoms with Crippen molar-refractivity contribution >= 4 is 0 Å². The van der Waals surface area contributed by atoms with Gasteiger partial charge in [-0.2, -0.15) is 5.26 Å². The average Bonchev–Trinajstić information content (AvgIpc) is 3.02. The van der Waals surface area contributed by atoms with Crippen molar-refractivity contribution in [2.24, 2.45) is 0 Å². The summed E-state index contributed by atoms with van der Waals surface area (Å²) in [5.41, 5.74) is 7.48. The molecule has 0 saturated heterocycles. The molecule has 0 unspecified atom stereocenters. The Kier molecular flexibility index (Phi) is 3.58. The molecule has 0 fully saturated rings. The lowest BCUT2D eigenvalue weighted by Crippen LogP contribution is -2.15. The second kappa shape index (κ2) is 6.23. The Bertz CT molecular complexity index is 1410. The maximum Gasteiger partial charge on any atom is 0.177 e. The van der Waals surface area contributed by atoms with Gasteiger partial charge in [0.05, 0.1) is 11.6 Å². The van der Waals surface area contributed by atoms with Gasteiger partial charge in [-0.1, -0.05) is 62.4 Å². The summed E-state index contributed by atoms with van der Waals surface area (Å²) in [4.78, 5) is 0. The number of para-hydroxylation sites is 1. The summed E-state index contributed by atoms with van der Waals surface area (Å²) in [6.07, 6.45) is 0. The predicted molar refractivity (Wildman–Crippen MR) is 121 cm³/mol. The van der Waals surface area contributed by atoms with Crippen molar-refractivity contribution in [3.63, 3.8) is 0 Å². The fraction of sp³-hybridized carbons (Fsp3) is 0.107. The zero-order chi connectivity index (χ0) is 21.2. The van der Waals surface area contributed by atoms with Crippen LogP contribution in [0.4, 0.5) is 0 Å². The van der Waals surface area contributed by atoms with E-state index in [2.05, 4.69) is 56.3 Å². The highest BCUT2D eigenvalue weighted by atomic mass is 16.6.